The van der Waals surface area contributed by atoms with E-state index in [0.29, 0.717) is 19.5 Å². The molecule has 21 heavy (non-hydrogen) atoms. The predicted octanol–water partition coefficient (Wildman–Crippen LogP) is 1.74. The van der Waals surface area contributed by atoms with Crippen molar-refractivity contribution in [3.05, 3.63) is 42.0 Å². The summed E-state index contributed by atoms with van der Waals surface area (Å²) in [6.07, 6.45) is 5.11. The highest BCUT2D eigenvalue weighted by Crippen LogP contribution is 2.24. The molecule has 3 rings (SSSR count). The number of hydrogen-bond donors (Lipinski definition) is 1. The lowest BCUT2D eigenvalue weighted by Gasteiger charge is -2.23. The van der Waals surface area contributed by atoms with Gasteiger partial charge in [0, 0.05) is 19.3 Å². The Kier molecular flexibility index (Phi) is 3.39. The number of hydrogen-bond acceptors (Lipinski definition) is 4. The third-order valence-electron chi connectivity index (χ3n) is 3.57. The molecule has 1 amide bonds. The van der Waals surface area contributed by atoms with Gasteiger partial charge in [-0.25, -0.2) is 9.48 Å². The molecule has 0 aromatic carbocycles. The fourth-order valence-electron chi connectivity index (χ4n) is 2.41. The topological polar surface area (TPSA) is 84.1 Å². The SMILES string of the molecule is Cc1c(C2=CCN(C(=O)O)CC2)nnn1-c1cccnc1. The number of aromatic nitrogens is 4. The fraction of sp³-hybridized carbons (Fsp3) is 0.286. The first-order valence-electron chi connectivity index (χ1n) is 6.67. The van der Waals surface area contributed by atoms with Gasteiger partial charge >= 0.3 is 6.09 Å². The minimum absolute atomic E-state index is 0.393. The van der Waals surface area contributed by atoms with E-state index in [0.717, 1.165) is 22.6 Å². The predicted molar refractivity (Wildman–Crippen MR) is 76.1 cm³/mol. The molecular weight excluding hydrogens is 270 g/mol. The van der Waals surface area contributed by atoms with Crippen LogP contribution in [0.3, 0.4) is 0 Å². The van der Waals surface area contributed by atoms with E-state index in [1.54, 1.807) is 17.1 Å². The Morgan fingerprint density at radius 2 is 2.29 bits per heavy atom. The Morgan fingerprint density at radius 1 is 1.43 bits per heavy atom. The molecular formula is C14H15N5O2. The van der Waals surface area contributed by atoms with Gasteiger partial charge in [-0.2, -0.15) is 0 Å². The number of carbonyl (C=O) groups is 1. The highest BCUT2D eigenvalue weighted by molar-refractivity contribution is 5.70. The standard InChI is InChI=1S/C14H15N5O2/c1-10-13(11-4-7-18(8-5-11)14(20)21)16-17-19(10)12-3-2-6-15-9-12/h2-4,6,9H,5,7-8H2,1H3,(H,20,21). The van der Waals surface area contributed by atoms with Crippen LogP contribution in [-0.2, 0) is 0 Å². The number of nitrogens with zero attached hydrogens (tertiary/aromatic N) is 5. The van der Waals surface area contributed by atoms with Crippen LogP contribution < -0.4 is 0 Å². The van der Waals surface area contributed by atoms with E-state index in [1.807, 2.05) is 25.1 Å². The zero-order chi connectivity index (χ0) is 14.8. The van der Waals surface area contributed by atoms with E-state index in [2.05, 4.69) is 15.3 Å². The monoisotopic (exact) mass is 285 g/mol. The van der Waals surface area contributed by atoms with E-state index in [1.165, 1.54) is 4.90 Å². The summed E-state index contributed by atoms with van der Waals surface area (Å²) in [6.45, 7) is 2.83. The largest absolute Gasteiger partial charge is 0.465 e. The molecule has 1 N–H and O–H groups in total. The summed E-state index contributed by atoms with van der Waals surface area (Å²) in [4.78, 5) is 16.4. The molecule has 3 heterocycles. The second kappa shape index (κ2) is 5.35. The number of pyridine rings is 1. The molecule has 0 unspecified atom stereocenters. The van der Waals surface area contributed by atoms with E-state index in [4.69, 9.17) is 5.11 Å². The van der Waals surface area contributed by atoms with Crippen molar-refractivity contribution in [2.45, 2.75) is 13.3 Å². The minimum Gasteiger partial charge on any atom is -0.465 e. The Morgan fingerprint density at radius 3 is 2.90 bits per heavy atom. The Balaban J connectivity index is 1.89. The van der Waals surface area contributed by atoms with Crippen molar-refractivity contribution in [3.63, 3.8) is 0 Å². The molecule has 0 atom stereocenters. The second-order valence-corrected chi connectivity index (χ2v) is 4.85. The zero-order valence-corrected chi connectivity index (χ0v) is 11.6. The van der Waals surface area contributed by atoms with Crippen LogP contribution in [0.25, 0.3) is 11.3 Å². The average molecular weight is 285 g/mol. The highest BCUT2D eigenvalue weighted by Gasteiger charge is 2.20. The minimum atomic E-state index is -0.888. The third kappa shape index (κ3) is 2.49. The first-order chi connectivity index (χ1) is 10.2. The van der Waals surface area contributed by atoms with E-state index >= 15 is 0 Å². The summed E-state index contributed by atoms with van der Waals surface area (Å²) in [7, 11) is 0. The number of rotatable bonds is 2. The van der Waals surface area contributed by atoms with Crippen molar-refractivity contribution in [1.29, 1.82) is 0 Å². The average Bonchev–Trinajstić information content (AvgIpc) is 2.90. The Bertz CT molecular complexity index is 693. The Hall–Kier alpha value is -2.70. The van der Waals surface area contributed by atoms with Gasteiger partial charge in [-0.05, 0) is 31.1 Å². The molecule has 1 aliphatic heterocycles. The fourth-order valence-corrected chi connectivity index (χ4v) is 2.41. The third-order valence-corrected chi connectivity index (χ3v) is 3.57. The quantitative estimate of drug-likeness (QED) is 0.908. The van der Waals surface area contributed by atoms with Crippen LogP contribution in [0.15, 0.2) is 30.6 Å². The summed E-state index contributed by atoms with van der Waals surface area (Å²) in [5.74, 6) is 0. The van der Waals surface area contributed by atoms with Gasteiger partial charge in [-0.15, -0.1) is 5.10 Å². The van der Waals surface area contributed by atoms with Gasteiger partial charge in [0.15, 0.2) is 0 Å². The normalized spacial score (nSPS) is 14.9. The maximum atomic E-state index is 10.9. The molecule has 0 spiro atoms. The molecule has 7 nitrogen and oxygen atoms in total. The van der Waals surface area contributed by atoms with Crippen LogP contribution in [-0.4, -0.2) is 49.2 Å². The molecule has 0 fully saturated rings. The van der Waals surface area contributed by atoms with Crippen LogP contribution in [0.1, 0.15) is 17.8 Å². The van der Waals surface area contributed by atoms with Gasteiger partial charge in [0.05, 0.1) is 17.6 Å². The molecule has 7 heteroatoms. The van der Waals surface area contributed by atoms with E-state index in [9.17, 15) is 4.79 Å². The summed E-state index contributed by atoms with van der Waals surface area (Å²) in [5.41, 5.74) is 3.65. The van der Waals surface area contributed by atoms with Crippen LogP contribution in [0.2, 0.25) is 0 Å². The zero-order valence-electron chi connectivity index (χ0n) is 11.6. The summed E-state index contributed by atoms with van der Waals surface area (Å²) >= 11 is 0. The smallest absolute Gasteiger partial charge is 0.407 e. The highest BCUT2D eigenvalue weighted by atomic mass is 16.4. The van der Waals surface area contributed by atoms with Crippen molar-refractivity contribution >= 4 is 11.7 Å². The van der Waals surface area contributed by atoms with Crippen LogP contribution >= 0.6 is 0 Å². The maximum Gasteiger partial charge on any atom is 0.407 e. The van der Waals surface area contributed by atoms with Crippen molar-refractivity contribution in [1.82, 2.24) is 24.9 Å². The van der Waals surface area contributed by atoms with Crippen molar-refractivity contribution < 1.29 is 9.90 Å². The second-order valence-electron chi connectivity index (χ2n) is 4.85. The molecule has 0 bridgehead atoms. The van der Waals surface area contributed by atoms with E-state index < -0.39 is 6.09 Å². The summed E-state index contributed by atoms with van der Waals surface area (Å²) < 4.78 is 1.74. The van der Waals surface area contributed by atoms with Gasteiger partial charge in [0.25, 0.3) is 0 Å². The first-order valence-corrected chi connectivity index (χ1v) is 6.67. The molecule has 0 aliphatic carbocycles. The van der Waals surface area contributed by atoms with Crippen molar-refractivity contribution in [2.75, 3.05) is 13.1 Å². The number of carboxylic acid groups (broad SMARTS) is 1. The van der Waals surface area contributed by atoms with Crippen molar-refractivity contribution in [2.24, 2.45) is 0 Å². The number of amides is 1. The van der Waals surface area contributed by atoms with Gasteiger partial charge in [0.1, 0.15) is 5.69 Å². The van der Waals surface area contributed by atoms with Gasteiger partial charge in [-0.1, -0.05) is 11.3 Å². The van der Waals surface area contributed by atoms with Crippen LogP contribution in [0.5, 0.6) is 0 Å². The lowest BCUT2D eigenvalue weighted by molar-refractivity contribution is 0.150. The van der Waals surface area contributed by atoms with Crippen LogP contribution in [0.4, 0.5) is 4.79 Å². The molecule has 0 saturated heterocycles. The van der Waals surface area contributed by atoms with Crippen molar-refractivity contribution in [3.8, 4) is 5.69 Å². The maximum absolute atomic E-state index is 10.9. The molecule has 2 aromatic rings. The Labute approximate surface area is 121 Å². The van der Waals surface area contributed by atoms with E-state index in [-0.39, 0.29) is 0 Å². The molecule has 0 saturated carbocycles. The lowest BCUT2D eigenvalue weighted by Crippen LogP contribution is -2.33. The first kappa shape index (κ1) is 13.3. The van der Waals surface area contributed by atoms with Gasteiger partial charge < -0.3 is 10.0 Å². The summed E-state index contributed by atoms with van der Waals surface area (Å²) in [5, 5.41) is 17.4. The molecule has 1 aliphatic rings. The summed E-state index contributed by atoms with van der Waals surface area (Å²) in [6, 6.07) is 3.76. The molecule has 108 valence electrons. The lowest BCUT2D eigenvalue weighted by atomic mass is 10.0. The van der Waals surface area contributed by atoms with Crippen LogP contribution in [0, 0.1) is 6.92 Å². The van der Waals surface area contributed by atoms with Gasteiger partial charge in [-0.3, -0.25) is 4.98 Å². The van der Waals surface area contributed by atoms with Gasteiger partial charge in [0.2, 0.25) is 0 Å². The molecule has 0 radical (unpaired) electrons. The molecule has 2 aromatic heterocycles.